The van der Waals surface area contributed by atoms with Gasteiger partial charge in [-0.3, -0.25) is 14.9 Å². The number of hydrogen-bond donors (Lipinski definition) is 1. The Bertz CT molecular complexity index is 1050. The molecule has 0 aliphatic carbocycles. The summed E-state index contributed by atoms with van der Waals surface area (Å²) in [4.78, 5) is 33.8. The van der Waals surface area contributed by atoms with Crippen LogP contribution in [0.3, 0.4) is 0 Å². The van der Waals surface area contributed by atoms with Crippen molar-refractivity contribution in [1.29, 1.82) is 0 Å². The minimum absolute atomic E-state index is 0.197. The Morgan fingerprint density at radius 3 is 2.52 bits per heavy atom. The van der Waals surface area contributed by atoms with Crippen LogP contribution in [0.15, 0.2) is 47.4 Å². The smallest absolute Gasteiger partial charge is 0.344 e. The van der Waals surface area contributed by atoms with Gasteiger partial charge in [-0.2, -0.15) is 0 Å². The second-order valence-electron chi connectivity index (χ2n) is 5.82. The Morgan fingerprint density at radius 1 is 1.17 bits per heavy atom. The van der Waals surface area contributed by atoms with Crippen LogP contribution in [-0.2, 0) is 19.4 Å². The Kier molecular flexibility index (Phi) is 6.89. The van der Waals surface area contributed by atoms with Crippen molar-refractivity contribution in [2.75, 3.05) is 24.8 Å². The molecular formula is C18H18N2O8S. The predicted molar refractivity (Wildman–Crippen MR) is 103 cm³/mol. The Balaban J connectivity index is 2.22. The number of ether oxygens (including phenoxy) is 2. The number of anilines is 1. The average molecular weight is 422 g/mol. The number of nitro groups is 1. The first-order valence-electron chi connectivity index (χ1n) is 8.29. The van der Waals surface area contributed by atoms with Gasteiger partial charge in [0.25, 0.3) is 11.6 Å². The third-order valence-electron chi connectivity index (χ3n) is 3.55. The lowest BCUT2D eigenvalue weighted by molar-refractivity contribution is -0.385. The molecule has 0 aliphatic rings. The molecule has 0 heterocycles. The second-order valence-corrected chi connectivity index (χ2v) is 7.84. The molecule has 0 spiro atoms. The lowest BCUT2D eigenvalue weighted by atomic mass is 10.2. The van der Waals surface area contributed by atoms with Crippen LogP contribution in [0.25, 0.3) is 0 Å². The van der Waals surface area contributed by atoms with Gasteiger partial charge in [0.2, 0.25) is 0 Å². The molecule has 0 radical (unpaired) electrons. The summed E-state index contributed by atoms with van der Waals surface area (Å²) in [5.74, 6) is -1.01. The number of nitro benzene ring substituents is 1. The molecule has 154 valence electrons. The molecule has 0 bridgehead atoms. The van der Waals surface area contributed by atoms with E-state index in [0.29, 0.717) is 0 Å². The first-order valence-corrected chi connectivity index (χ1v) is 10.2. The number of nitrogens with one attached hydrogen (secondary N) is 1. The zero-order valence-corrected chi connectivity index (χ0v) is 16.4. The van der Waals surface area contributed by atoms with E-state index in [-0.39, 0.29) is 35.1 Å². The van der Waals surface area contributed by atoms with E-state index in [0.717, 1.165) is 24.5 Å². The van der Waals surface area contributed by atoms with E-state index in [2.05, 4.69) is 5.32 Å². The van der Waals surface area contributed by atoms with Gasteiger partial charge in [0.15, 0.2) is 16.4 Å². The number of carbonyl (C=O) groups excluding carboxylic acids is 2. The highest BCUT2D eigenvalue weighted by atomic mass is 32.2. The first kappa shape index (κ1) is 21.8. The average Bonchev–Trinajstić information content (AvgIpc) is 2.66. The molecule has 2 aromatic rings. The summed E-state index contributed by atoms with van der Waals surface area (Å²) in [6.07, 6.45) is 0.887. The highest BCUT2D eigenvalue weighted by molar-refractivity contribution is 7.90. The van der Waals surface area contributed by atoms with Gasteiger partial charge in [-0.25, -0.2) is 13.2 Å². The summed E-state index contributed by atoms with van der Waals surface area (Å²) in [5, 5.41) is 13.6. The molecule has 0 saturated heterocycles. The molecule has 1 N–H and O–H groups in total. The van der Waals surface area contributed by atoms with Gasteiger partial charge < -0.3 is 14.8 Å². The number of hydrogen-bond acceptors (Lipinski definition) is 8. The summed E-state index contributed by atoms with van der Waals surface area (Å²) >= 11 is 0. The molecular weight excluding hydrogens is 404 g/mol. The van der Waals surface area contributed by atoms with Crippen LogP contribution in [0.2, 0.25) is 0 Å². The van der Waals surface area contributed by atoms with Gasteiger partial charge in [-0.1, -0.05) is 6.07 Å². The third-order valence-corrected chi connectivity index (χ3v) is 4.64. The van der Waals surface area contributed by atoms with Crippen molar-refractivity contribution in [3.8, 4) is 5.75 Å². The number of nitrogens with zero attached hydrogens (tertiary/aromatic N) is 1. The largest absolute Gasteiger partial charge is 0.482 e. The van der Waals surface area contributed by atoms with Crippen LogP contribution in [0.5, 0.6) is 5.75 Å². The van der Waals surface area contributed by atoms with E-state index < -0.39 is 32.3 Å². The number of esters is 1. The summed E-state index contributed by atoms with van der Waals surface area (Å²) in [5.41, 5.74) is -0.439. The van der Waals surface area contributed by atoms with Crippen LogP contribution < -0.4 is 10.1 Å². The third kappa shape index (κ3) is 6.28. The number of sulfone groups is 1. The Labute approximate surface area is 166 Å². The molecule has 10 nitrogen and oxygen atoms in total. The van der Waals surface area contributed by atoms with Gasteiger partial charge in [0, 0.05) is 35.7 Å². The normalized spacial score (nSPS) is 10.8. The van der Waals surface area contributed by atoms with E-state index in [1.54, 1.807) is 19.1 Å². The van der Waals surface area contributed by atoms with Crippen molar-refractivity contribution in [2.24, 2.45) is 0 Å². The van der Waals surface area contributed by atoms with Crippen LogP contribution in [-0.4, -0.2) is 44.7 Å². The molecule has 2 aromatic carbocycles. The fourth-order valence-electron chi connectivity index (χ4n) is 2.25. The zero-order valence-electron chi connectivity index (χ0n) is 15.6. The molecule has 1 amide bonds. The molecule has 0 unspecified atom stereocenters. The topological polar surface area (TPSA) is 142 Å². The van der Waals surface area contributed by atoms with E-state index in [9.17, 15) is 28.1 Å². The van der Waals surface area contributed by atoms with E-state index >= 15 is 0 Å². The van der Waals surface area contributed by atoms with Crippen molar-refractivity contribution in [3.63, 3.8) is 0 Å². The maximum absolute atomic E-state index is 12.5. The summed E-state index contributed by atoms with van der Waals surface area (Å²) < 4.78 is 33.5. The number of benzene rings is 2. The monoisotopic (exact) mass is 422 g/mol. The lowest BCUT2D eigenvalue weighted by Gasteiger charge is -2.09. The molecule has 11 heteroatoms. The summed E-state index contributed by atoms with van der Waals surface area (Å²) in [6.45, 7) is 1.57. The molecule has 0 aliphatic heterocycles. The SMILES string of the molecule is CCOC(=O)COc1cccc(NC(=O)c2cc([N+](=O)[O-])cc(S(C)(=O)=O)c2)c1. The molecule has 29 heavy (non-hydrogen) atoms. The van der Waals surface area contributed by atoms with Gasteiger partial charge in [0.05, 0.1) is 16.4 Å². The van der Waals surface area contributed by atoms with Gasteiger partial charge in [-0.05, 0) is 25.1 Å². The highest BCUT2D eigenvalue weighted by Gasteiger charge is 2.19. The van der Waals surface area contributed by atoms with E-state index in [4.69, 9.17) is 9.47 Å². The fraction of sp³-hybridized carbons (Fsp3) is 0.222. The van der Waals surface area contributed by atoms with Gasteiger partial charge >= 0.3 is 5.97 Å². The molecule has 0 atom stereocenters. The Hall–Kier alpha value is -3.47. The zero-order chi connectivity index (χ0) is 21.6. The maximum atomic E-state index is 12.5. The predicted octanol–water partition coefficient (Wildman–Crippen LogP) is 2.19. The molecule has 0 aromatic heterocycles. The van der Waals surface area contributed by atoms with Crippen molar-refractivity contribution >= 4 is 33.1 Å². The van der Waals surface area contributed by atoms with Crippen molar-refractivity contribution < 1.29 is 32.4 Å². The van der Waals surface area contributed by atoms with Crippen molar-refractivity contribution in [1.82, 2.24) is 0 Å². The summed E-state index contributed by atoms with van der Waals surface area (Å²) in [7, 11) is -3.76. The van der Waals surface area contributed by atoms with E-state index in [1.165, 1.54) is 12.1 Å². The highest BCUT2D eigenvalue weighted by Crippen LogP contribution is 2.23. The van der Waals surface area contributed by atoms with Crippen LogP contribution in [0.1, 0.15) is 17.3 Å². The molecule has 0 fully saturated rings. The summed E-state index contributed by atoms with van der Waals surface area (Å²) in [6, 6.07) is 9.01. The minimum Gasteiger partial charge on any atom is -0.482 e. The number of non-ortho nitro benzene ring substituents is 1. The lowest BCUT2D eigenvalue weighted by Crippen LogP contribution is -2.15. The van der Waals surface area contributed by atoms with E-state index in [1.807, 2.05) is 0 Å². The number of rotatable bonds is 8. The van der Waals surface area contributed by atoms with Crippen LogP contribution in [0.4, 0.5) is 11.4 Å². The van der Waals surface area contributed by atoms with Crippen LogP contribution >= 0.6 is 0 Å². The van der Waals surface area contributed by atoms with Crippen LogP contribution in [0, 0.1) is 10.1 Å². The standard InChI is InChI=1S/C18H18N2O8S/c1-3-27-17(21)11-28-15-6-4-5-13(9-15)19-18(22)12-7-14(20(23)24)10-16(8-12)29(2,25)26/h4-10H,3,11H2,1-2H3,(H,19,22). The van der Waals surface area contributed by atoms with Crippen molar-refractivity contribution in [3.05, 3.63) is 58.1 Å². The number of carbonyl (C=O) groups is 2. The molecule has 2 rings (SSSR count). The molecule has 0 saturated carbocycles. The Morgan fingerprint density at radius 2 is 1.90 bits per heavy atom. The van der Waals surface area contributed by atoms with Crippen molar-refractivity contribution in [2.45, 2.75) is 11.8 Å². The first-order chi connectivity index (χ1) is 13.6. The van der Waals surface area contributed by atoms with Gasteiger partial charge in [-0.15, -0.1) is 0 Å². The maximum Gasteiger partial charge on any atom is 0.344 e. The minimum atomic E-state index is -3.76. The fourth-order valence-corrected chi connectivity index (χ4v) is 2.92. The second kappa shape index (κ2) is 9.15. The van der Waals surface area contributed by atoms with Gasteiger partial charge in [0.1, 0.15) is 5.75 Å². The quantitative estimate of drug-likeness (QED) is 0.387. The number of amides is 1.